The van der Waals surface area contributed by atoms with Gasteiger partial charge in [-0.25, -0.2) is 4.79 Å². The van der Waals surface area contributed by atoms with Crippen molar-refractivity contribution in [1.29, 1.82) is 0 Å². The third kappa shape index (κ3) is 21.3. The Kier molecular flexibility index (Phi) is 22.2. The van der Waals surface area contributed by atoms with Gasteiger partial charge in [0.25, 0.3) is 0 Å². The van der Waals surface area contributed by atoms with E-state index in [1.165, 1.54) is 64.2 Å². The summed E-state index contributed by atoms with van der Waals surface area (Å²) in [5.74, 6) is -1.53. The molecular formula is C30H58NO7+. The maximum absolute atomic E-state index is 12.4. The van der Waals surface area contributed by atoms with Gasteiger partial charge in [-0.05, 0) is 12.8 Å². The number of carboxylic acids is 1. The van der Waals surface area contributed by atoms with Gasteiger partial charge in [0.15, 0.2) is 12.1 Å². The summed E-state index contributed by atoms with van der Waals surface area (Å²) in [6.07, 6.45) is 17.1. The SMILES string of the molecule is CCCCCCCCCCCCCCCC(=O)OC(COCCC(C(=O)O)[N+](C)(C)C)COC(=O)CCC. The number of esters is 2. The van der Waals surface area contributed by atoms with Crippen molar-refractivity contribution in [3.05, 3.63) is 0 Å². The fourth-order valence-corrected chi connectivity index (χ4v) is 4.36. The number of quaternary nitrogens is 1. The Labute approximate surface area is 232 Å². The molecule has 0 saturated heterocycles. The van der Waals surface area contributed by atoms with Gasteiger partial charge in [-0.15, -0.1) is 0 Å². The van der Waals surface area contributed by atoms with Crippen LogP contribution in [0.25, 0.3) is 0 Å². The summed E-state index contributed by atoms with van der Waals surface area (Å²) in [7, 11) is 5.48. The molecule has 0 fully saturated rings. The van der Waals surface area contributed by atoms with Crippen molar-refractivity contribution in [3.8, 4) is 0 Å². The third-order valence-electron chi connectivity index (χ3n) is 6.73. The van der Waals surface area contributed by atoms with Gasteiger partial charge in [0, 0.05) is 19.3 Å². The second kappa shape index (κ2) is 23.2. The predicted octanol–water partition coefficient (Wildman–Crippen LogP) is 6.29. The second-order valence-electron chi connectivity index (χ2n) is 11.4. The molecule has 0 aliphatic rings. The molecule has 1 N–H and O–H groups in total. The average Bonchev–Trinajstić information content (AvgIpc) is 2.84. The molecular weight excluding hydrogens is 486 g/mol. The van der Waals surface area contributed by atoms with Crippen LogP contribution in [0.3, 0.4) is 0 Å². The number of rotatable bonds is 26. The summed E-state index contributed by atoms with van der Waals surface area (Å²) < 4.78 is 16.7. The van der Waals surface area contributed by atoms with Gasteiger partial charge in [-0.3, -0.25) is 9.59 Å². The minimum Gasteiger partial charge on any atom is -0.477 e. The van der Waals surface area contributed by atoms with E-state index in [9.17, 15) is 19.5 Å². The normalized spacial score (nSPS) is 13.2. The first kappa shape index (κ1) is 36.3. The van der Waals surface area contributed by atoms with Gasteiger partial charge in [-0.1, -0.05) is 90.9 Å². The first-order valence-electron chi connectivity index (χ1n) is 15.1. The molecule has 2 unspecified atom stereocenters. The zero-order valence-electron chi connectivity index (χ0n) is 25.1. The summed E-state index contributed by atoms with van der Waals surface area (Å²) in [6.45, 7) is 4.36. The van der Waals surface area contributed by atoms with E-state index < -0.39 is 18.1 Å². The summed E-state index contributed by atoms with van der Waals surface area (Å²) in [6, 6.07) is -0.603. The Hall–Kier alpha value is -1.67. The zero-order chi connectivity index (χ0) is 28.7. The lowest BCUT2D eigenvalue weighted by Gasteiger charge is -2.31. The van der Waals surface area contributed by atoms with Gasteiger partial charge < -0.3 is 23.8 Å². The highest BCUT2D eigenvalue weighted by atomic mass is 16.6. The highest BCUT2D eigenvalue weighted by Gasteiger charge is 2.31. The maximum Gasteiger partial charge on any atom is 0.362 e. The topological polar surface area (TPSA) is 99.1 Å². The molecule has 8 heteroatoms. The number of hydrogen-bond donors (Lipinski definition) is 1. The molecule has 8 nitrogen and oxygen atoms in total. The number of unbranched alkanes of at least 4 members (excludes halogenated alkanes) is 12. The fourth-order valence-electron chi connectivity index (χ4n) is 4.36. The molecule has 0 aromatic carbocycles. The molecule has 0 amide bonds. The van der Waals surface area contributed by atoms with Gasteiger partial charge in [0.05, 0.1) is 34.4 Å². The number of nitrogens with zero attached hydrogens (tertiary/aromatic N) is 1. The number of carboxylic acid groups (broad SMARTS) is 1. The van der Waals surface area contributed by atoms with E-state index in [-0.39, 0.29) is 36.2 Å². The molecule has 0 aliphatic carbocycles. The Morgan fingerprint density at radius 1 is 0.684 bits per heavy atom. The van der Waals surface area contributed by atoms with E-state index in [1.54, 1.807) is 0 Å². The van der Waals surface area contributed by atoms with Crippen LogP contribution in [0.2, 0.25) is 0 Å². The van der Waals surface area contributed by atoms with Crippen LogP contribution in [0.4, 0.5) is 0 Å². The van der Waals surface area contributed by atoms with E-state index in [0.717, 1.165) is 19.3 Å². The number of hydrogen-bond acceptors (Lipinski definition) is 6. The van der Waals surface area contributed by atoms with Crippen molar-refractivity contribution in [2.45, 2.75) is 135 Å². The van der Waals surface area contributed by atoms with Crippen molar-refractivity contribution in [3.63, 3.8) is 0 Å². The molecule has 0 aromatic rings. The van der Waals surface area contributed by atoms with Crippen LogP contribution in [-0.2, 0) is 28.6 Å². The minimum atomic E-state index is -0.879. The lowest BCUT2D eigenvalue weighted by Crippen LogP contribution is -2.50. The van der Waals surface area contributed by atoms with Crippen molar-refractivity contribution < 1.29 is 38.2 Å². The maximum atomic E-state index is 12.4. The molecule has 224 valence electrons. The molecule has 0 aromatic heterocycles. The van der Waals surface area contributed by atoms with Crippen LogP contribution >= 0.6 is 0 Å². The Morgan fingerprint density at radius 3 is 1.68 bits per heavy atom. The van der Waals surface area contributed by atoms with Crippen LogP contribution in [0, 0.1) is 0 Å². The molecule has 0 spiro atoms. The standard InChI is InChI=1S/C30H57NO7/c1-6-8-9-10-11-12-13-14-15-16-17-18-19-21-29(33)38-26(25-37-28(32)20-7-2)24-36-23-22-27(30(34)35)31(3,4)5/h26-27H,6-25H2,1-5H3/p+1. The van der Waals surface area contributed by atoms with Crippen LogP contribution in [0.5, 0.6) is 0 Å². The number of aliphatic carboxylic acids is 1. The second-order valence-corrected chi connectivity index (χ2v) is 11.4. The summed E-state index contributed by atoms with van der Waals surface area (Å²) >= 11 is 0. The largest absolute Gasteiger partial charge is 0.477 e. The molecule has 0 bridgehead atoms. The van der Waals surface area contributed by atoms with E-state index >= 15 is 0 Å². The highest BCUT2D eigenvalue weighted by molar-refractivity contribution is 5.72. The third-order valence-corrected chi connectivity index (χ3v) is 6.73. The molecule has 0 aliphatic heterocycles. The number of carbonyl (C=O) groups excluding carboxylic acids is 2. The average molecular weight is 545 g/mol. The fraction of sp³-hybridized carbons (Fsp3) is 0.900. The van der Waals surface area contributed by atoms with Crippen molar-refractivity contribution in [2.24, 2.45) is 0 Å². The van der Waals surface area contributed by atoms with E-state index in [2.05, 4.69) is 6.92 Å². The van der Waals surface area contributed by atoms with Crippen molar-refractivity contribution in [2.75, 3.05) is 41.0 Å². The van der Waals surface area contributed by atoms with Crippen molar-refractivity contribution >= 4 is 17.9 Å². The molecule has 0 radical (unpaired) electrons. The number of ether oxygens (including phenoxy) is 3. The van der Waals surface area contributed by atoms with Gasteiger partial charge in [0.1, 0.15) is 6.61 Å². The monoisotopic (exact) mass is 544 g/mol. The minimum absolute atomic E-state index is 0.0547. The van der Waals surface area contributed by atoms with Crippen LogP contribution in [-0.4, -0.2) is 80.6 Å². The lowest BCUT2D eigenvalue weighted by molar-refractivity contribution is -0.887. The van der Waals surface area contributed by atoms with Crippen LogP contribution in [0.15, 0.2) is 0 Å². The van der Waals surface area contributed by atoms with Crippen LogP contribution in [0.1, 0.15) is 123 Å². The highest BCUT2D eigenvalue weighted by Crippen LogP contribution is 2.14. The van der Waals surface area contributed by atoms with E-state index in [0.29, 0.717) is 25.7 Å². The molecule has 0 heterocycles. The van der Waals surface area contributed by atoms with Crippen molar-refractivity contribution in [1.82, 2.24) is 0 Å². The Balaban J connectivity index is 4.20. The number of likely N-dealkylation sites (N-methyl/N-ethyl adjacent to an activating group) is 1. The lowest BCUT2D eigenvalue weighted by atomic mass is 10.0. The Morgan fingerprint density at radius 2 is 1.21 bits per heavy atom. The predicted molar refractivity (Wildman–Crippen MR) is 151 cm³/mol. The van der Waals surface area contributed by atoms with Crippen LogP contribution < -0.4 is 0 Å². The van der Waals surface area contributed by atoms with Gasteiger partial charge in [0.2, 0.25) is 0 Å². The smallest absolute Gasteiger partial charge is 0.362 e. The van der Waals surface area contributed by atoms with Gasteiger partial charge in [-0.2, -0.15) is 0 Å². The first-order chi connectivity index (χ1) is 18.1. The van der Waals surface area contributed by atoms with E-state index in [1.807, 2.05) is 28.1 Å². The molecule has 2 atom stereocenters. The quantitative estimate of drug-likeness (QED) is 0.0776. The zero-order valence-corrected chi connectivity index (χ0v) is 25.1. The van der Waals surface area contributed by atoms with Gasteiger partial charge >= 0.3 is 17.9 Å². The van der Waals surface area contributed by atoms with E-state index in [4.69, 9.17) is 14.2 Å². The number of carbonyl (C=O) groups is 3. The Bertz CT molecular complexity index is 618. The molecule has 38 heavy (non-hydrogen) atoms. The summed E-state index contributed by atoms with van der Waals surface area (Å²) in [4.78, 5) is 35.7. The molecule has 0 saturated carbocycles. The summed E-state index contributed by atoms with van der Waals surface area (Å²) in [5.41, 5.74) is 0. The first-order valence-corrected chi connectivity index (χ1v) is 15.1. The molecule has 0 rings (SSSR count). The summed E-state index contributed by atoms with van der Waals surface area (Å²) in [5, 5.41) is 9.45.